The maximum absolute atomic E-state index is 12.5. The number of carbonyl (C=O) groups is 1. The number of rotatable bonds is 9. The number of ketones is 1. The largest absolute Gasteiger partial charge is 0.490 e. The van der Waals surface area contributed by atoms with E-state index in [2.05, 4.69) is 13.8 Å². The molecule has 1 aliphatic rings. The fourth-order valence-electron chi connectivity index (χ4n) is 2.39. The Hall–Kier alpha value is -1.51. The Labute approximate surface area is 127 Å². The van der Waals surface area contributed by atoms with E-state index in [0.29, 0.717) is 24.9 Å². The van der Waals surface area contributed by atoms with Gasteiger partial charge in [-0.3, -0.25) is 4.79 Å². The lowest BCUT2D eigenvalue weighted by molar-refractivity contribution is 0.0915. The first-order chi connectivity index (χ1) is 10.2. The minimum absolute atomic E-state index is 0.117. The van der Waals surface area contributed by atoms with E-state index >= 15 is 0 Å². The molecule has 0 spiro atoms. The van der Waals surface area contributed by atoms with Crippen molar-refractivity contribution in [1.29, 1.82) is 0 Å². The van der Waals surface area contributed by atoms with E-state index in [9.17, 15) is 4.79 Å². The first-order valence-corrected chi connectivity index (χ1v) is 8.11. The van der Waals surface area contributed by atoms with E-state index in [1.807, 2.05) is 25.1 Å². The molecule has 1 saturated carbocycles. The smallest absolute Gasteiger partial charge is 0.166 e. The molecule has 0 aliphatic heterocycles. The van der Waals surface area contributed by atoms with Gasteiger partial charge in [0.2, 0.25) is 0 Å². The summed E-state index contributed by atoms with van der Waals surface area (Å²) in [6, 6.07) is 5.58. The van der Waals surface area contributed by atoms with Crippen LogP contribution in [0.25, 0.3) is 0 Å². The number of ether oxygens (including phenoxy) is 2. The van der Waals surface area contributed by atoms with E-state index < -0.39 is 0 Å². The SMILES string of the molecule is CCCOc1ccc(C(=O)C(C)C2CC2)cc1OCCC. The van der Waals surface area contributed by atoms with Crippen LogP contribution in [0, 0.1) is 11.8 Å². The highest BCUT2D eigenvalue weighted by atomic mass is 16.5. The van der Waals surface area contributed by atoms with Crippen LogP contribution < -0.4 is 9.47 Å². The lowest BCUT2D eigenvalue weighted by Crippen LogP contribution is -2.13. The lowest BCUT2D eigenvalue weighted by atomic mass is 9.95. The van der Waals surface area contributed by atoms with Crippen LogP contribution in [0.3, 0.4) is 0 Å². The van der Waals surface area contributed by atoms with Gasteiger partial charge in [-0.25, -0.2) is 0 Å². The molecule has 2 rings (SSSR count). The lowest BCUT2D eigenvalue weighted by Gasteiger charge is -2.15. The Balaban J connectivity index is 2.16. The van der Waals surface area contributed by atoms with Crippen molar-refractivity contribution < 1.29 is 14.3 Å². The molecule has 0 radical (unpaired) electrons. The minimum atomic E-state index is 0.117. The van der Waals surface area contributed by atoms with Gasteiger partial charge < -0.3 is 9.47 Å². The summed E-state index contributed by atoms with van der Waals surface area (Å²) in [4.78, 5) is 12.5. The number of carbonyl (C=O) groups excluding carboxylic acids is 1. The molecule has 1 fully saturated rings. The van der Waals surface area contributed by atoms with Crippen molar-refractivity contribution in [3.63, 3.8) is 0 Å². The zero-order valence-electron chi connectivity index (χ0n) is 13.4. The third kappa shape index (κ3) is 4.23. The third-order valence-electron chi connectivity index (χ3n) is 3.89. The summed E-state index contributed by atoms with van der Waals surface area (Å²) < 4.78 is 11.5. The van der Waals surface area contributed by atoms with Crippen LogP contribution in [-0.4, -0.2) is 19.0 Å². The summed E-state index contributed by atoms with van der Waals surface area (Å²) in [6.45, 7) is 7.47. The van der Waals surface area contributed by atoms with Crippen LogP contribution >= 0.6 is 0 Å². The third-order valence-corrected chi connectivity index (χ3v) is 3.89. The molecule has 3 heteroatoms. The van der Waals surface area contributed by atoms with Crippen molar-refractivity contribution in [1.82, 2.24) is 0 Å². The summed E-state index contributed by atoms with van der Waals surface area (Å²) in [7, 11) is 0. The van der Waals surface area contributed by atoms with Crippen molar-refractivity contribution >= 4 is 5.78 Å². The first kappa shape index (κ1) is 15.9. The van der Waals surface area contributed by atoms with E-state index in [1.54, 1.807) is 0 Å². The van der Waals surface area contributed by atoms with Gasteiger partial charge in [0.1, 0.15) is 0 Å². The molecule has 116 valence electrons. The molecular formula is C18H26O3. The van der Waals surface area contributed by atoms with Crippen LogP contribution in [-0.2, 0) is 0 Å². The van der Waals surface area contributed by atoms with Crippen LogP contribution in [0.1, 0.15) is 56.8 Å². The van der Waals surface area contributed by atoms with E-state index in [1.165, 1.54) is 12.8 Å². The molecule has 1 aromatic carbocycles. The van der Waals surface area contributed by atoms with Crippen LogP contribution in [0.15, 0.2) is 18.2 Å². The molecule has 0 bridgehead atoms. The fourth-order valence-corrected chi connectivity index (χ4v) is 2.39. The molecule has 1 unspecified atom stereocenters. The number of hydrogen-bond acceptors (Lipinski definition) is 3. The van der Waals surface area contributed by atoms with Crippen LogP contribution in [0.5, 0.6) is 11.5 Å². The molecular weight excluding hydrogens is 264 g/mol. The first-order valence-electron chi connectivity index (χ1n) is 8.11. The van der Waals surface area contributed by atoms with Crippen molar-refractivity contribution in [2.24, 2.45) is 11.8 Å². The molecule has 1 aromatic rings. The van der Waals surface area contributed by atoms with Gasteiger partial charge in [-0.15, -0.1) is 0 Å². The monoisotopic (exact) mass is 290 g/mol. The quantitative estimate of drug-likeness (QED) is 0.628. The van der Waals surface area contributed by atoms with E-state index in [0.717, 1.165) is 24.2 Å². The Bertz CT molecular complexity index is 477. The summed E-state index contributed by atoms with van der Waals surface area (Å²) in [5, 5.41) is 0. The Morgan fingerprint density at radius 2 is 1.76 bits per heavy atom. The van der Waals surface area contributed by atoms with Gasteiger partial charge in [-0.1, -0.05) is 20.8 Å². The zero-order chi connectivity index (χ0) is 15.2. The summed E-state index contributed by atoms with van der Waals surface area (Å²) in [6.07, 6.45) is 4.25. The highest BCUT2D eigenvalue weighted by Gasteiger charge is 2.33. The number of benzene rings is 1. The minimum Gasteiger partial charge on any atom is -0.490 e. The standard InChI is InChI=1S/C18H26O3/c1-4-10-20-16-9-8-15(12-17(16)21-11-5-2)18(19)13(3)14-6-7-14/h8-9,12-14H,4-7,10-11H2,1-3H3. The normalized spacial score (nSPS) is 15.6. The molecule has 0 heterocycles. The van der Waals surface area contributed by atoms with Gasteiger partial charge in [0, 0.05) is 11.5 Å². The number of hydrogen-bond donors (Lipinski definition) is 0. The van der Waals surface area contributed by atoms with Crippen LogP contribution in [0.2, 0.25) is 0 Å². The fraction of sp³-hybridized carbons (Fsp3) is 0.611. The summed E-state index contributed by atoms with van der Waals surface area (Å²) >= 11 is 0. The van der Waals surface area contributed by atoms with Crippen molar-refractivity contribution in [2.75, 3.05) is 13.2 Å². The Morgan fingerprint density at radius 1 is 1.14 bits per heavy atom. The van der Waals surface area contributed by atoms with Crippen molar-refractivity contribution in [3.05, 3.63) is 23.8 Å². The van der Waals surface area contributed by atoms with Gasteiger partial charge in [0.25, 0.3) is 0 Å². The van der Waals surface area contributed by atoms with Crippen molar-refractivity contribution in [2.45, 2.75) is 46.5 Å². The molecule has 1 aliphatic carbocycles. The summed E-state index contributed by atoms with van der Waals surface area (Å²) in [5.74, 6) is 2.35. The summed E-state index contributed by atoms with van der Waals surface area (Å²) in [5.41, 5.74) is 0.740. The molecule has 0 aromatic heterocycles. The van der Waals surface area contributed by atoms with Crippen LogP contribution in [0.4, 0.5) is 0 Å². The zero-order valence-corrected chi connectivity index (χ0v) is 13.4. The van der Waals surface area contributed by atoms with E-state index in [4.69, 9.17) is 9.47 Å². The number of Topliss-reactive ketones (excluding diaryl/α,β-unsaturated/α-hetero) is 1. The van der Waals surface area contributed by atoms with Gasteiger partial charge in [-0.2, -0.15) is 0 Å². The topological polar surface area (TPSA) is 35.5 Å². The predicted octanol–water partition coefficient (Wildman–Crippen LogP) is 4.49. The molecule has 0 saturated heterocycles. The van der Waals surface area contributed by atoms with Gasteiger partial charge >= 0.3 is 0 Å². The molecule has 1 atom stereocenters. The Morgan fingerprint density at radius 3 is 2.33 bits per heavy atom. The van der Waals surface area contributed by atoms with Gasteiger partial charge in [-0.05, 0) is 49.8 Å². The average molecular weight is 290 g/mol. The average Bonchev–Trinajstić information content (AvgIpc) is 3.34. The maximum Gasteiger partial charge on any atom is 0.166 e. The highest BCUT2D eigenvalue weighted by Crippen LogP contribution is 2.39. The molecule has 21 heavy (non-hydrogen) atoms. The van der Waals surface area contributed by atoms with Gasteiger partial charge in [0.15, 0.2) is 17.3 Å². The second kappa shape index (κ2) is 7.48. The van der Waals surface area contributed by atoms with Gasteiger partial charge in [0.05, 0.1) is 13.2 Å². The molecule has 0 amide bonds. The van der Waals surface area contributed by atoms with E-state index in [-0.39, 0.29) is 11.7 Å². The second-order valence-corrected chi connectivity index (χ2v) is 5.85. The molecule has 0 N–H and O–H groups in total. The Kier molecular flexibility index (Phi) is 5.66. The highest BCUT2D eigenvalue weighted by molar-refractivity contribution is 5.98. The second-order valence-electron chi connectivity index (χ2n) is 5.85. The maximum atomic E-state index is 12.5. The van der Waals surface area contributed by atoms with Crippen molar-refractivity contribution in [3.8, 4) is 11.5 Å². The molecule has 3 nitrogen and oxygen atoms in total. The predicted molar refractivity (Wildman–Crippen MR) is 84.2 cm³/mol.